The molecule has 9 heteroatoms. The number of nitrogens with zero attached hydrogens (tertiary/aromatic N) is 4. The van der Waals surface area contributed by atoms with Crippen LogP contribution < -0.4 is 9.47 Å². The number of thiazole rings is 1. The molecule has 1 aromatic heterocycles. The summed E-state index contributed by atoms with van der Waals surface area (Å²) in [6.07, 6.45) is 5.55. The van der Waals surface area contributed by atoms with Crippen LogP contribution in [-0.2, 0) is 29.5 Å². The van der Waals surface area contributed by atoms with Crippen molar-refractivity contribution in [1.29, 1.82) is 0 Å². The van der Waals surface area contributed by atoms with Gasteiger partial charge in [0.1, 0.15) is 11.4 Å². The number of aryl methyl sites for hydroxylation is 3. The lowest BCUT2D eigenvalue weighted by molar-refractivity contribution is -0.686. The zero-order valence-electron chi connectivity index (χ0n) is 16.6. The quantitative estimate of drug-likeness (QED) is 0.287. The van der Waals surface area contributed by atoms with E-state index < -0.39 is 10.1 Å². The Labute approximate surface area is 175 Å². The number of hydrogen-bond acceptors (Lipinski definition) is 7. The smallest absolute Gasteiger partial charge is 0.408 e. The van der Waals surface area contributed by atoms with Crippen molar-refractivity contribution in [2.75, 3.05) is 23.7 Å². The van der Waals surface area contributed by atoms with Gasteiger partial charge in [0.2, 0.25) is 0 Å². The topological polar surface area (TPSA) is 89.0 Å². The molecule has 3 heterocycles. The fourth-order valence-electron chi connectivity index (χ4n) is 4.26. The summed E-state index contributed by atoms with van der Waals surface area (Å²) in [6, 6.07) is 4.34. The third kappa shape index (κ3) is 4.84. The molecule has 2 aliphatic rings. The molecule has 1 aromatic carbocycles. The molecule has 0 bridgehead atoms. The van der Waals surface area contributed by atoms with Crippen LogP contribution in [0.4, 0.5) is 16.5 Å². The summed E-state index contributed by atoms with van der Waals surface area (Å²) < 4.78 is 34.3. The molecule has 0 aliphatic carbocycles. The third-order valence-electron chi connectivity index (χ3n) is 5.59. The maximum Gasteiger partial charge on any atom is 0.408 e. The van der Waals surface area contributed by atoms with E-state index in [1.54, 1.807) is 0 Å². The van der Waals surface area contributed by atoms with Crippen molar-refractivity contribution in [3.63, 3.8) is 0 Å². The van der Waals surface area contributed by atoms with Gasteiger partial charge >= 0.3 is 5.13 Å². The summed E-state index contributed by atoms with van der Waals surface area (Å²) in [4.78, 5) is 2.51. The van der Waals surface area contributed by atoms with Crippen LogP contribution in [0.3, 0.4) is 0 Å². The van der Waals surface area contributed by atoms with Crippen LogP contribution in [0, 0.1) is 6.92 Å². The standard InChI is InChI=1S/C20H26N4O3S2/c1-15-14-28-20(24(15)10-2-3-11-29(25,26)27)22-21-18-12-16-6-4-8-23-9-5-7-17(13-18)19(16)23/h12-14H,2-11H2,1H3. The number of unbranched alkanes of at least 4 members (excludes halogenated alkanes) is 1. The van der Waals surface area contributed by atoms with Crippen LogP contribution in [-0.4, -0.2) is 31.8 Å². The first-order valence-electron chi connectivity index (χ1n) is 10.1. The van der Waals surface area contributed by atoms with Crippen LogP contribution in [0.25, 0.3) is 0 Å². The normalized spacial score (nSPS) is 16.4. The fourth-order valence-corrected chi connectivity index (χ4v) is 5.67. The molecule has 29 heavy (non-hydrogen) atoms. The average Bonchev–Trinajstić information content (AvgIpc) is 3.03. The number of aromatic nitrogens is 1. The van der Waals surface area contributed by atoms with Crippen molar-refractivity contribution in [1.82, 2.24) is 0 Å². The Hall–Kier alpha value is -1.84. The van der Waals surface area contributed by atoms with Crippen molar-refractivity contribution in [2.24, 2.45) is 10.2 Å². The predicted octanol–water partition coefficient (Wildman–Crippen LogP) is 3.78. The van der Waals surface area contributed by atoms with E-state index in [1.165, 1.54) is 41.0 Å². The first-order chi connectivity index (χ1) is 13.9. The largest absolute Gasteiger partial charge is 0.748 e. The SMILES string of the molecule is Cc1csc(/N=N/c2cc3c4c(c2)CCCN4CCC3)[n+]1CCCCS(=O)(=O)[O-]. The minimum atomic E-state index is -4.15. The lowest BCUT2D eigenvalue weighted by Crippen LogP contribution is -2.34. The Balaban J connectivity index is 1.50. The van der Waals surface area contributed by atoms with Gasteiger partial charge < -0.3 is 9.45 Å². The Morgan fingerprint density at radius 2 is 1.83 bits per heavy atom. The maximum atomic E-state index is 10.8. The Bertz CT molecular complexity index is 999. The van der Waals surface area contributed by atoms with Gasteiger partial charge in [-0.1, -0.05) is 0 Å². The number of benzene rings is 1. The number of anilines is 1. The second-order valence-electron chi connectivity index (χ2n) is 7.79. The monoisotopic (exact) mass is 434 g/mol. The fraction of sp³-hybridized carbons (Fsp3) is 0.550. The van der Waals surface area contributed by atoms with E-state index in [4.69, 9.17) is 0 Å². The van der Waals surface area contributed by atoms with E-state index in [-0.39, 0.29) is 5.75 Å². The van der Waals surface area contributed by atoms with Gasteiger partial charge in [-0.05, 0) is 85.2 Å². The van der Waals surface area contributed by atoms with Gasteiger partial charge in [0, 0.05) is 29.9 Å². The number of hydrogen-bond donors (Lipinski definition) is 0. The average molecular weight is 435 g/mol. The van der Waals surface area contributed by atoms with Gasteiger partial charge in [0.25, 0.3) is 0 Å². The molecule has 0 spiro atoms. The highest BCUT2D eigenvalue weighted by Crippen LogP contribution is 2.38. The summed E-state index contributed by atoms with van der Waals surface area (Å²) in [7, 11) is -4.15. The van der Waals surface area contributed by atoms with Crippen molar-refractivity contribution in [2.45, 2.75) is 52.0 Å². The summed E-state index contributed by atoms with van der Waals surface area (Å²) in [5.74, 6) is -0.317. The Kier molecular flexibility index (Phi) is 5.98. The summed E-state index contributed by atoms with van der Waals surface area (Å²) in [5.41, 5.74) is 6.16. The van der Waals surface area contributed by atoms with Crippen molar-refractivity contribution >= 4 is 38.0 Å². The van der Waals surface area contributed by atoms with E-state index in [1.807, 2.05) is 16.9 Å². The summed E-state index contributed by atoms with van der Waals surface area (Å²) in [5, 5.41) is 11.8. The molecular formula is C20H26N4O3S2. The van der Waals surface area contributed by atoms with E-state index in [0.29, 0.717) is 19.4 Å². The zero-order chi connectivity index (χ0) is 20.4. The minimum Gasteiger partial charge on any atom is -0.748 e. The van der Waals surface area contributed by atoms with Crippen LogP contribution in [0.2, 0.25) is 0 Å². The molecule has 0 saturated heterocycles. The van der Waals surface area contributed by atoms with E-state index in [0.717, 1.165) is 42.4 Å². The van der Waals surface area contributed by atoms with E-state index in [9.17, 15) is 13.0 Å². The maximum absolute atomic E-state index is 10.8. The molecular weight excluding hydrogens is 408 g/mol. The van der Waals surface area contributed by atoms with Crippen LogP contribution in [0.15, 0.2) is 27.7 Å². The molecule has 0 atom stereocenters. The molecule has 0 amide bonds. The molecule has 156 valence electrons. The van der Waals surface area contributed by atoms with Gasteiger partial charge in [-0.3, -0.25) is 0 Å². The molecule has 0 saturated carbocycles. The van der Waals surface area contributed by atoms with Gasteiger partial charge in [0.15, 0.2) is 0 Å². The van der Waals surface area contributed by atoms with E-state index in [2.05, 4.69) is 27.3 Å². The highest BCUT2D eigenvalue weighted by molar-refractivity contribution is 7.85. The predicted molar refractivity (Wildman–Crippen MR) is 113 cm³/mol. The molecule has 2 aliphatic heterocycles. The van der Waals surface area contributed by atoms with Crippen molar-refractivity contribution < 1.29 is 17.5 Å². The third-order valence-corrected chi connectivity index (χ3v) is 7.35. The second kappa shape index (κ2) is 8.49. The Morgan fingerprint density at radius 3 is 2.48 bits per heavy atom. The van der Waals surface area contributed by atoms with Gasteiger partial charge in [0.05, 0.1) is 21.8 Å². The second-order valence-corrected chi connectivity index (χ2v) is 10.1. The minimum absolute atomic E-state index is 0.317. The van der Waals surface area contributed by atoms with Gasteiger partial charge in [-0.25, -0.2) is 13.0 Å². The first-order valence-corrected chi connectivity index (χ1v) is 12.6. The lowest BCUT2D eigenvalue weighted by Gasteiger charge is -2.36. The van der Waals surface area contributed by atoms with Gasteiger partial charge in [-0.15, -0.1) is 0 Å². The lowest BCUT2D eigenvalue weighted by atomic mass is 9.91. The molecule has 0 N–H and O–H groups in total. The highest BCUT2D eigenvalue weighted by atomic mass is 32.2. The molecule has 0 unspecified atom stereocenters. The van der Waals surface area contributed by atoms with Crippen LogP contribution >= 0.6 is 11.3 Å². The highest BCUT2D eigenvalue weighted by Gasteiger charge is 2.24. The van der Waals surface area contributed by atoms with Gasteiger partial charge in [-0.2, -0.15) is 0 Å². The number of rotatable bonds is 7. The zero-order valence-corrected chi connectivity index (χ0v) is 18.3. The molecule has 0 fully saturated rings. The molecule has 7 nitrogen and oxygen atoms in total. The van der Waals surface area contributed by atoms with Crippen molar-refractivity contribution in [3.8, 4) is 0 Å². The summed E-state index contributed by atoms with van der Waals surface area (Å²) in [6.45, 7) is 4.94. The molecule has 0 radical (unpaired) electrons. The van der Waals surface area contributed by atoms with Crippen molar-refractivity contribution in [3.05, 3.63) is 34.3 Å². The van der Waals surface area contributed by atoms with E-state index >= 15 is 0 Å². The van der Waals surface area contributed by atoms with Crippen LogP contribution in [0.5, 0.6) is 0 Å². The Morgan fingerprint density at radius 1 is 1.14 bits per heavy atom. The summed E-state index contributed by atoms with van der Waals surface area (Å²) >= 11 is 1.52. The molecule has 4 rings (SSSR count). The molecule has 2 aromatic rings. The first kappa shape index (κ1) is 20.4. The van der Waals surface area contributed by atoms with Crippen LogP contribution in [0.1, 0.15) is 42.5 Å². The number of azo groups is 1.